The third-order valence-corrected chi connectivity index (χ3v) is 3.85. The van der Waals surface area contributed by atoms with Gasteiger partial charge in [0, 0.05) is 5.56 Å². The minimum absolute atomic E-state index is 0.227. The molecule has 1 unspecified atom stereocenters. The average molecular weight is 312 g/mol. The number of benzene rings is 2. The molecule has 0 amide bonds. The second-order valence-electron chi connectivity index (χ2n) is 6.30. The van der Waals surface area contributed by atoms with Gasteiger partial charge in [0.25, 0.3) is 0 Å². The minimum Gasteiger partial charge on any atom is -0.424 e. The van der Waals surface area contributed by atoms with Gasteiger partial charge in [0.05, 0.1) is 0 Å². The molecule has 122 valence electrons. The van der Waals surface area contributed by atoms with Crippen molar-refractivity contribution in [1.82, 2.24) is 0 Å². The molecule has 0 bridgehead atoms. The van der Waals surface area contributed by atoms with Crippen LogP contribution in [0.5, 0.6) is 5.75 Å². The Labute approximate surface area is 137 Å². The van der Waals surface area contributed by atoms with Crippen LogP contribution in [0.1, 0.15) is 62.3 Å². The molecular weight excluding hydrogens is 288 g/mol. The number of aliphatic hydroxyl groups excluding tert-OH is 1. The molecule has 3 heteroatoms. The van der Waals surface area contributed by atoms with E-state index in [1.165, 1.54) is 5.56 Å². The van der Waals surface area contributed by atoms with Gasteiger partial charge in [0.2, 0.25) is 0 Å². The lowest BCUT2D eigenvalue weighted by Crippen LogP contribution is -2.19. The molecule has 1 N–H and O–H groups in total. The van der Waals surface area contributed by atoms with Crippen molar-refractivity contribution in [2.24, 2.45) is 0 Å². The lowest BCUT2D eigenvalue weighted by atomic mass is 9.90. The van der Waals surface area contributed by atoms with Crippen LogP contribution in [0.25, 0.3) is 0 Å². The van der Waals surface area contributed by atoms with E-state index in [4.69, 9.17) is 4.74 Å². The zero-order valence-electron chi connectivity index (χ0n) is 14.1. The molecule has 2 aromatic rings. The largest absolute Gasteiger partial charge is 0.424 e. The first kappa shape index (κ1) is 17.2. The molecule has 0 aliphatic heterocycles. The van der Waals surface area contributed by atoms with Gasteiger partial charge in [-0.05, 0) is 29.0 Å². The first-order chi connectivity index (χ1) is 10.9. The Morgan fingerprint density at radius 3 is 2.13 bits per heavy atom. The van der Waals surface area contributed by atoms with Gasteiger partial charge in [-0.2, -0.15) is 0 Å². The van der Waals surface area contributed by atoms with Gasteiger partial charge in [-0.25, -0.2) is 4.79 Å². The smallest absolute Gasteiger partial charge is 0.345 e. The molecule has 2 aromatic carbocycles. The summed E-state index contributed by atoms with van der Waals surface area (Å²) >= 11 is 0. The summed E-state index contributed by atoms with van der Waals surface area (Å²) in [6, 6.07) is 14.6. The predicted octanol–water partition coefficient (Wildman–Crippen LogP) is 4.57. The van der Waals surface area contributed by atoms with Gasteiger partial charge in [0.15, 0.2) is 6.10 Å². The molecule has 0 aliphatic rings. The van der Waals surface area contributed by atoms with Crippen LogP contribution in [0.4, 0.5) is 0 Å². The van der Waals surface area contributed by atoms with E-state index in [9.17, 15) is 9.90 Å². The fraction of sp³-hybridized carbons (Fsp3) is 0.350. The number of ether oxygens (including phenoxy) is 1. The average Bonchev–Trinajstić information content (AvgIpc) is 2.54. The minimum atomic E-state index is -1.28. The second-order valence-corrected chi connectivity index (χ2v) is 6.30. The van der Waals surface area contributed by atoms with Crippen LogP contribution in [0.2, 0.25) is 0 Å². The number of carbonyl (C=O) groups is 1. The van der Waals surface area contributed by atoms with E-state index in [1.807, 2.05) is 12.1 Å². The summed E-state index contributed by atoms with van der Waals surface area (Å²) in [6.45, 7) is 8.38. The Hall–Kier alpha value is -2.13. The van der Waals surface area contributed by atoms with Crippen molar-refractivity contribution in [3.63, 3.8) is 0 Å². The van der Waals surface area contributed by atoms with Crippen molar-refractivity contribution in [3.8, 4) is 5.75 Å². The summed E-state index contributed by atoms with van der Waals surface area (Å²) in [5.74, 6) is 0.445. The first-order valence-electron chi connectivity index (χ1n) is 7.99. The fourth-order valence-corrected chi connectivity index (χ4v) is 2.71. The molecule has 0 radical (unpaired) electrons. The van der Waals surface area contributed by atoms with E-state index < -0.39 is 12.1 Å². The van der Waals surface area contributed by atoms with E-state index in [1.54, 1.807) is 30.3 Å². The van der Waals surface area contributed by atoms with Crippen molar-refractivity contribution < 1.29 is 14.6 Å². The summed E-state index contributed by atoms with van der Waals surface area (Å²) in [5, 5.41) is 10.2. The highest BCUT2D eigenvalue weighted by molar-refractivity contribution is 5.79. The highest BCUT2D eigenvalue weighted by Crippen LogP contribution is 2.34. The molecule has 0 spiro atoms. The summed E-state index contributed by atoms with van der Waals surface area (Å²) in [4.78, 5) is 12.3. The van der Waals surface area contributed by atoms with Crippen LogP contribution < -0.4 is 4.74 Å². The Balaban J connectivity index is 2.29. The van der Waals surface area contributed by atoms with E-state index in [-0.39, 0.29) is 5.92 Å². The van der Waals surface area contributed by atoms with E-state index in [2.05, 4.69) is 33.8 Å². The number of esters is 1. The van der Waals surface area contributed by atoms with Crippen molar-refractivity contribution in [1.29, 1.82) is 0 Å². The number of hydrogen-bond acceptors (Lipinski definition) is 3. The first-order valence-corrected chi connectivity index (χ1v) is 7.99. The van der Waals surface area contributed by atoms with Crippen molar-refractivity contribution in [2.45, 2.75) is 45.6 Å². The summed E-state index contributed by atoms with van der Waals surface area (Å²) < 4.78 is 5.52. The Bertz CT molecular complexity index is 660. The molecule has 0 aromatic heterocycles. The zero-order valence-corrected chi connectivity index (χ0v) is 14.1. The predicted molar refractivity (Wildman–Crippen MR) is 91.7 cm³/mol. The standard InChI is InChI=1S/C20H24O3/c1-13(2)16-11-8-12-17(18(16)14(3)4)23-20(22)19(21)15-9-6-5-7-10-15/h5-14,19,21H,1-4H3. The van der Waals surface area contributed by atoms with Crippen molar-refractivity contribution >= 4 is 5.97 Å². The van der Waals surface area contributed by atoms with Crippen LogP contribution >= 0.6 is 0 Å². The summed E-state index contributed by atoms with van der Waals surface area (Å²) in [6.07, 6.45) is -1.28. The molecule has 0 fully saturated rings. The molecule has 3 nitrogen and oxygen atoms in total. The van der Waals surface area contributed by atoms with Crippen LogP contribution in [0.15, 0.2) is 48.5 Å². The monoisotopic (exact) mass is 312 g/mol. The number of rotatable bonds is 5. The maximum Gasteiger partial charge on any atom is 0.345 e. The maximum absolute atomic E-state index is 12.3. The summed E-state index contributed by atoms with van der Waals surface area (Å²) in [7, 11) is 0. The maximum atomic E-state index is 12.3. The SMILES string of the molecule is CC(C)c1cccc(OC(=O)C(O)c2ccccc2)c1C(C)C. The lowest BCUT2D eigenvalue weighted by Gasteiger charge is -2.20. The van der Waals surface area contributed by atoms with E-state index in [0.29, 0.717) is 17.2 Å². The van der Waals surface area contributed by atoms with E-state index in [0.717, 1.165) is 5.56 Å². The quantitative estimate of drug-likeness (QED) is 0.649. The number of carbonyl (C=O) groups excluding carboxylic acids is 1. The van der Waals surface area contributed by atoms with E-state index >= 15 is 0 Å². The van der Waals surface area contributed by atoms with Gasteiger partial charge < -0.3 is 9.84 Å². The zero-order chi connectivity index (χ0) is 17.0. The number of aliphatic hydroxyl groups is 1. The Morgan fingerprint density at radius 1 is 0.913 bits per heavy atom. The molecule has 0 saturated heterocycles. The molecular formula is C20H24O3. The van der Waals surface area contributed by atoms with Gasteiger partial charge in [-0.3, -0.25) is 0 Å². The lowest BCUT2D eigenvalue weighted by molar-refractivity contribution is -0.144. The van der Waals surface area contributed by atoms with Gasteiger partial charge >= 0.3 is 5.97 Å². The second kappa shape index (κ2) is 7.42. The summed E-state index contributed by atoms with van der Waals surface area (Å²) in [5.41, 5.74) is 2.72. The normalized spacial score (nSPS) is 12.5. The third kappa shape index (κ3) is 3.99. The number of hydrogen-bond donors (Lipinski definition) is 1. The van der Waals surface area contributed by atoms with Crippen LogP contribution in [0.3, 0.4) is 0 Å². The highest BCUT2D eigenvalue weighted by Gasteiger charge is 2.22. The molecule has 23 heavy (non-hydrogen) atoms. The van der Waals surface area contributed by atoms with Crippen LogP contribution in [0, 0.1) is 0 Å². The van der Waals surface area contributed by atoms with Gasteiger partial charge in [-0.1, -0.05) is 70.2 Å². The topological polar surface area (TPSA) is 46.5 Å². The van der Waals surface area contributed by atoms with Gasteiger partial charge in [0.1, 0.15) is 5.75 Å². The molecule has 2 rings (SSSR count). The Kier molecular flexibility index (Phi) is 5.56. The van der Waals surface area contributed by atoms with Crippen LogP contribution in [-0.4, -0.2) is 11.1 Å². The van der Waals surface area contributed by atoms with Gasteiger partial charge in [-0.15, -0.1) is 0 Å². The molecule has 0 aliphatic carbocycles. The molecule has 1 atom stereocenters. The Morgan fingerprint density at radius 2 is 1.57 bits per heavy atom. The molecule has 0 heterocycles. The van der Waals surface area contributed by atoms with Crippen LogP contribution in [-0.2, 0) is 4.79 Å². The third-order valence-electron chi connectivity index (χ3n) is 3.85. The fourth-order valence-electron chi connectivity index (χ4n) is 2.71. The molecule has 0 saturated carbocycles. The van der Waals surface area contributed by atoms with Crippen molar-refractivity contribution in [2.75, 3.05) is 0 Å². The van der Waals surface area contributed by atoms with Crippen molar-refractivity contribution in [3.05, 3.63) is 65.2 Å². The highest BCUT2D eigenvalue weighted by atomic mass is 16.5.